The molecule has 1 fully saturated rings. The van der Waals surface area contributed by atoms with Crippen LogP contribution in [0.15, 0.2) is 54.6 Å². The van der Waals surface area contributed by atoms with Gasteiger partial charge in [-0.1, -0.05) is 37.1 Å². The molecule has 0 atom stereocenters. The fourth-order valence-corrected chi connectivity index (χ4v) is 3.41. The summed E-state index contributed by atoms with van der Waals surface area (Å²) >= 11 is 0. The normalized spacial score (nSPS) is 14.4. The maximum atomic E-state index is 13.0. The van der Waals surface area contributed by atoms with E-state index in [9.17, 15) is 9.59 Å². The van der Waals surface area contributed by atoms with Gasteiger partial charge >= 0.3 is 0 Å². The van der Waals surface area contributed by atoms with Crippen molar-refractivity contribution >= 4 is 23.6 Å². The molecule has 2 aromatic rings. The molecular weight excluding hydrogens is 364 g/mol. The van der Waals surface area contributed by atoms with Gasteiger partial charge in [0.2, 0.25) is 5.91 Å². The Morgan fingerprint density at radius 2 is 1.69 bits per heavy atom. The minimum Gasteiger partial charge on any atom is -0.494 e. The molecule has 1 saturated heterocycles. The molecule has 0 spiro atoms. The van der Waals surface area contributed by atoms with Crippen LogP contribution >= 0.6 is 0 Å². The van der Waals surface area contributed by atoms with Crippen molar-refractivity contribution in [2.24, 2.45) is 0 Å². The summed E-state index contributed by atoms with van der Waals surface area (Å²) in [6, 6.07) is 14.7. The summed E-state index contributed by atoms with van der Waals surface area (Å²) in [5, 5.41) is 2.85. The number of para-hydroxylation sites is 1. The zero-order valence-electron chi connectivity index (χ0n) is 16.9. The third kappa shape index (κ3) is 5.95. The van der Waals surface area contributed by atoms with Crippen molar-refractivity contribution in [3.05, 3.63) is 65.7 Å². The average Bonchev–Trinajstić information content (AvgIpc) is 3.03. The molecular formula is C24H28N2O3. The lowest BCUT2D eigenvalue weighted by molar-refractivity contribution is -0.111. The molecule has 1 N–H and O–H groups in total. The summed E-state index contributed by atoms with van der Waals surface area (Å²) in [5.74, 6) is 0.517. The molecule has 2 amide bonds. The van der Waals surface area contributed by atoms with Gasteiger partial charge in [0.15, 0.2) is 0 Å². The van der Waals surface area contributed by atoms with Crippen molar-refractivity contribution in [1.29, 1.82) is 0 Å². The molecule has 1 aliphatic heterocycles. The summed E-state index contributed by atoms with van der Waals surface area (Å²) in [5.41, 5.74) is 1.98. The highest BCUT2D eigenvalue weighted by molar-refractivity contribution is 6.07. The minimum atomic E-state index is -0.269. The van der Waals surface area contributed by atoms with E-state index in [4.69, 9.17) is 4.74 Å². The van der Waals surface area contributed by atoms with E-state index in [2.05, 4.69) is 5.32 Å². The van der Waals surface area contributed by atoms with E-state index in [0.29, 0.717) is 17.9 Å². The molecule has 0 bridgehead atoms. The van der Waals surface area contributed by atoms with Crippen LogP contribution < -0.4 is 10.1 Å². The predicted molar refractivity (Wildman–Crippen MR) is 116 cm³/mol. The number of carbonyl (C=O) groups is 2. The highest BCUT2D eigenvalue weighted by atomic mass is 16.5. The van der Waals surface area contributed by atoms with Crippen molar-refractivity contribution in [3.8, 4) is 5.75 Å². The van der Waals surface area contributed by atoms with Gasteiger partial charge in [0, 0.05) is 19.2 Å². The molecule has 29 heavy (non-hydrogen) atoms. The van der Waals surface area contributed by atoms with Gasteiger partial charge in [0.25, 0.3) is 5.91 Å². The minimum absolute atomic E-state index is 0.0155. The zero-order valence-corrected chi connectivity index (χ0v) is 16.9. The summed E-state index contributed by atoms with van der Waals surface area (Å²) in [6.45, 7) is 4.11. The van der Waals surface area contributed by atoms with Gasteiger partial charge in [0.1, 0.15) is 5.75 Å². The number of hydrogen-bond donors (Lipinski definition) is 1. The Morgan fingerprint density at radius 3 is 2.38 bits per heavy atom. The number of anilines is 1. The Hall–Kier alpha value is -3.08. The lowest BCUT2D eigenvalue weighted by Crippen LogP contribution is -2.32. The second kappa shape index (κ2) is 10.5. The van der Waals surface area contributed by atoms with Crippen molar-refractivity contribution in [3.63, 3.8) is 0 Å². The molecule has 0 radical (unpaired) electrons. The Labute approximate surface area is 172 Å². The van der Waals surface area contributed by atoms with Gasteiger partial charge in [-0.25, -0.2) is 0 Å². The quantitative estimate of drug-likeness (QED) is 0.722. The molecule has 0 aromatic heterocycles. The summed E-state index contributed by atoms with van der Waals surface area (Å²) in [6.07, 6.45) is 7.61. The highest BCUT2D eigenvalue weighted by Gasteiger charge is 2.20. The van der Waals surface area contributed by atoms with Crippen molar-refractivity contribution in [2.45, 2.75) is 32.6 Å². The summed E-state index contributed by atoms with van der Waals surface area (Å²) in [7, 11) is 0. The first-order chi connectivity index (χ1) is 14.2. The lowest BCUT2D eigenvalue weighted by atomic mass is 10.1. The molecule has 2 aromatic carbocycles. The SMILES string of the molecule is CCOc1ccc(/C=C/C(=O)Nc2ccccc2C(=O)N2CCCCCC2)cc1. The highest BCUT2D eigenvalue weighted by Crippen LogP contribution is 2.20. The second-order valence-corrected chi connectivity index (χ2v) is 7.08. The Morgan fingerprint density at radius 1 is 1.00 bits per heavy atom. The van der Waals surface area contributed by atoms with Crippen LogP contribution in [-0.4, -0.2) is 36.4 Å². The number of amides is 2. The van der Waals surface area contributed by atoms with Gasteiger partial charge in [-0.3, -0.25) is 9.59 Å². The van der Waals surface area contributed by atoms with Gasteiger partial charge in [0.05, 0.1) is 17.9 Å². The van der Waals surface area contributed by atoms with Crippen LogP contribution in [0.4, 0.5) is 5.69 Å². The number of ether oxygens (including phenoxy) is 1. The van der Waals surface area contributed by atoms with E-state index >= 15 is 0 Å². The number of hydrogen-bond acceptors (Lipinski definition) is 3. The second-order valence-electron chi connectivity index (χ2n) is 7.08. The van der Waals surface area contributed by atoms with Crippen LogP contribution in [0, 0.1) is 0 Å². The summed E-state index contributed by atoms with van der Waals surface area (Å²) < 4.78 is 5.42. The molecule has 3 rings (SSSR count). The summed E-state index contributed by atoms with van der Waals surface area (Å²) in [4.78, 5) is 27.3. The molecule has 5 nitrogen and oxygen atoms in total. The number of benzene rings is 2. The molecule has 0 aliphatic carbocycles. The smallest absolute Gasteiger partial charge is 0.255 e. The number of nitrogens with zero attached hydrogens (tertiary/aromatic N) is 1. The van der Waals surface area contributed by atoms with Crippen LogP contribution in [0.1, 0.15) is 48.5 Å². The Balaban J connectivity index is 1.66. The van der Waals surface area contributed by atoms with Gasteiger partial charge < -0.3 is 15.0 Å². The van der Waals surface area contributed by atoms with Crippen molar-refractivity contribution < 1.29 is 14.3 Å². The molecule has 1 heterocycles. The van der Waals surface area contributed by atoms with E-state index in [1.54, 1.807) is 18.2 Å². The zero-order chi connectivity index (χ0) is 20.5. The van der Waals surface area contributed by atoms with Crippen LogP contribution in [0.25, 0.3) is 6.08 Å². The van der Waals surface area contributed by atoms with E-state index in [1.165, 1.54) is 18.9 Å². The Kier molecular flexibility index (Phi) is 7.45. The predicted octanol–water partition coefficient (Wildman–Crippen LogP) is 4.75. The molecule has 0 unspecified atom stereocenters. The lowest BCUT2D eigenvalue weighted by Gasteiger charge is -2.21. The van der Waals surface area contributed by atoms with Gasteiger partial charge in [-0.05, 0) is 55.7 Å². The van der Waals surface area contributed by atoms with Crippen LogP contribution in [-0.2, 0) is 4.79 Å². The van der Waals surface area contributed by atoms with E-state index in [0.717, 1.165) is 37.2 Å². The first-order valence-corrected chi connectivity index (χ1v) is 10.3. The van der Waals surface area contributed by atoms with Crippen molar-refractivity contribution in [1.82, 2.24) is 4.90 Å². The fourth-order valence-electron chi connectivity index (χ4n) is 3.41. The maximum absolute atomic E-state index is 13.0. The molecule has 0 saturated carbocycles. The number of rotatable bonds is 6. The van der Waals surface area contributed by atoms with Crippen LogP contribution in [0.3, 0.4) is 0 Å². The van der Waals surface area contributed by atoms with E-state index in [1.807, 2.05) is 48.2 Å². The van der Waals surface area contributed by atoms with Crippen molar-refractivity contribution in [2.75, 3.05) is 25.0 Å². The number of carbonyl (C=O) groups excluding carboxylic acids is 2. The van der Waals surface area contributed by atoms with Gasteiger partial charge in [-0.15, -0.1) is 0 Å². The topological polar surface area (TPSA) is 58.6 Å². The van der Waals surface area contributed by atoms with Crippen LogP contribution in [0.5, 0.6) is 5.75 Å². The molecule has 5 heteroatoms. The standard InChI is InChI=1S/C24H28N2O3/c1-2-29-20-14-11-19(12-15-20)13-16-23(27)25-22-10-6-5-9-21(22)24(28)26-17-7-3-4-8-18-26/h5-6,9-16H,2-4,7-8,17-18H2,1H3,(H,25,27)/b16-13+. The Bertz CT molecular complexity index is 851. The number of likely N-dealkylation sites (tertiary alicyclic amines) is 1. The van der Waals surface area contributed by atoms with Gasteiger partial charge in [-0.2, -0.15) is 0 Å². The molecule has 1 aliphatic rings. The first-order valence-electron chi connectivity index (χ1n) is 10.3. The molecule has 152 valence electrons. The first kappa shape index (κ1) is 20.6. The van der Waals surface area contributed by atoms with E-state index in [-0.39, 0.29) is 11.8 Å². The number of nitrogens with one attached hydrogen (secondary N) is 1. The average molecular weight is 392 g/mol. The van der Waals surface area contributed by atoms with Crippen LogP contribution in [0.2, 0.25) is 0 Å². The third-order valence-corrected chi connectivity index (χ3v) is 4.93. The largest absolute Gasteiger partial charge is 0.494 e. The monoisotopic (exact) mass is 392 g/mol. The fraction of sp³-hybridized carbons (Fsp3) is 0.333. The van der Waals surface area contributed by atoms with E-state index < -0.39 is 0 Å². The third-order valence-electron chi connectivity index (χ3n) is 4.93. The maximum Gasteiger partial charge on any atom is 0.255 e.